The van der Waals surface area contributed by atoms with E-state index in [9.17, 15) is 9.90 Å². The quantitative estimate of drug-likeness (QED) is 0.322. The fourth-order valence-corrected chi connectivity index (χ4v) is 5.33. The van der Waals surface area contributed by atoms with Crippen LogP contribution in [0.1, 0.15) is 57.7 Å². The third-order valence-corrected chi connectivity index (χ3v) is 7.18. The predicted molar refractivity (Wildman–Crippen MR) is 151 cm³/mol. The summed E-state index contributed by atoms with van der Waals surface area (Å²) < 4.78 is 13.2. The van der Waals surface area contributed by atoms with Crippen LogP contribution < -0.4 is 0 Å². The first-order valence-electron chi connectivity index (χ1n) is 13.9. The highest BCUT2D eigenvalue weighted by molar-refractivity contribution is 5.83. The molecule has 0 aliphatic heterocycles. The zero-order valence-corrected chi connectivity index (χ0v) is 23.3. The van der Waals surface area contributed by atoms with Crippen LogP contribution >= 0.6 is 0 Å². The number of esters is 1. The van der Waals surface area contributed by atoms with Gasteiger partial charge in [0.1, 0.15) is 17.9 Å². The number of nitrogens with zero attached hydrogens (tertiary/aromatic N) is 2. The molecular formula is C32H42N2O4. The topological polar surface area (TPSA) is 73.6 Å². The number of carbonyl (C=O) groups excluding carboxylic acids is 1. The number of aromatic nitrogens is 2. The van der Waals surface area contributed by atoms with E-state index in [1.54, 1.807) is 0 Å². The molecule has 0 bridgehead atoms. The lowest BCUT2D eigenvalue weighted by molar-refractivity contribution is -0.160. The number of aliphatic hydroxyl groups excluding tert-OH is 1. The largest absolute Gasteiger partial charge is 0.458 e. The van der Waals surface area contributed by atoms with Crippen molar-refractivity contribution in [2.24, 2.45) is 11.8 Å². The van der Waals surface area contributed by atoms with Gasteiger partial charge in [-0.3, -0.25) is 4.68 Å². The summed E-state index contributed by atoms with van der Waals surface area (Å²) in [7, 11) is 0. The van der Waals surface area contributed by atoms with Crippen molar-refractivity contribution >= 4 is 5.97 Å². The van der Waals surface area contributed by atoms with E-state index in [-0.39, 0.29) is 19.2 Å². The SMILES string of the molecule is Cc1ccc(-c2nn(CC3CCC(COCC(=O)OC(C)(C)C)CC3)c(CCO)c2-c2ccccc2)cc1. The van der Waals surface area contributed by atoms with Gasteiger partial charge < -0.3 is 14.6 Å². The highest BCUT2D eigenvalue weighted by atomic mass is 16.6. The lowest BCUT2D eigenvalue weighted by Gasteiger charge is -2.29. The van der Waals surface area contributed by atoms with E-state index in [1.165, 1.54) is 5.56 Å². The Morgan fingerprint density at radius 3 is 2.26 bits per heavy atom. The van der Waals surface area contributed by atoms with Gasteiger partial charge in [-0.25, -0.2) is 4.79 Å². The maximum atomic E-state index is 11.9. The van der Waals surface area contributed by atoms with Crippen LogP contribution in [0.4, 0.5) is 0 Å². The molecule has 1 aliphatic rings. The molecule has 0 atom stereocenters. The molecule has 6 heteroatoms. The molecule has 0 amide bonds. The Hall–Kier alpha value is -2.96. The summed E-state index contributed by atoms with van der Waals surface area (Å²) in [6.45, 7) is 9.22. The molecule has 1 saturated carbocycles. The van der Waals surface area contributed by atoms with E-state index in [1.807, 2.05) is 26.8 Å². The Morgan fingerprint density at radius 2 is 1.63 bits per heavy atom. The van der Waals surface area contributed by atoms with Crippen molar-refractivity contribution in [3.05, 3.63) is 65.9 Å². The number of hydrogen-bond acceptors (Lipinski definition) is 5. The summed E-state index contributed by atoms with van der Waals surface area (Å²) in [4.78, 5) is 11.9. The number of hydrogen-bond donors (Lipinski definition) is 1. The van der Waals surface area contributed by atoms with Crippen molar-refractivity contribution in [2.45, 2.75) is 71.9 Å². The number of carbonyl (C=O) groups is 1. The Labute approximate surface area is 227 Å². The van der Waals surface area contributed by atoms with E-state index in [4.69, 9.17) is 14.6 Å². The molecule has 0 saturated heterocycles. The van der Waals surface area contributed by atoms with Crippen molar-refractivity contribution in [2.75, 3.05) is 19.8 Å². The van der Waals surface area contributed by atoms with Crippen LogP contribution in [0.15, 0.2) is 54.6 Å². The molecule has 0 radical (unpaired) electrons. The summed E-state index contributed by atoms with van der Waals surface area (Å²) in [5.74, 6) is 0.676. The molecule has 1 fully saturated rings. The molecule has 38 heavy (non-hydrogen) atoms. The van der Waals surface area contributed by atoms with Gasteiger partial charge in [0.05, 0.1) is 6.61 Å². The number of aliphatic hydroxyl groups is 1. The fraction of sp³-hybridized carbons (Fsp3) is 0.500. The smallest absolute Gasteiger partial charge is 0.332 e. The number of rotatable bonds is 10. The van der Waals surface area contributed by atoms with Crippen molar-refractivity contribution < 1.29 is 19.4 Å². The van der Waals surface area contributed by atoms with Crippen molar-refractivity contribution in [1.29, 1.82) is 0 Å². The van der Waals surface area contributed by atoms with Crippen LogP contribution in [0.2, 0.25) is 0 Å². The molecular weight excluding hydrogens is 476 g/mol. The van der Waals surface area contributed by atoms with E-state index < -0.39 is 5.60 Å². The molecule has 2 aromatic carbocycles. The summed E-state index contributed by atoms with van der Waals surface area (Å²) >= 11 is 0. The van der Waals surface area contributed by atoms with Crippen LogP contribution in [0.25, 0.3) is 22.4 Å². The highest BCUT2D eigenvalue weighted by Crippen LogP contribution is 2.37. The molecule has 1 heterocycles. The Morgan fingerprint density at radius 1 is 0.974 bits per heavy atom. The third-order valence-electron chi connectivity index (χ3n) is 7.18. The Kier molecular flexibility index (Phi) is 9.40. The van der Waals surface area contributed by atoms with Gasteiger partial charge in [0.2, 0.25) is 0 Å². The first kappa shape index (κ1) is 28.1. The van der Waals surface area contributed by atoms with E-state index in [2.05, 4.69) is 60.1 Å². The summed E-state index contributed by atoms with van der Waals surface area (Å²) in [5, 5.41) is 15.1. The molecule has 3 aromatic rings. The third kappa shape index (κ3) is 7.55. The van der Waals surface area contributed by atoms with Gasteiger partial charge in [-0.1, -0.05) is 60.2 Å². The summed E-state index contributed by atoms with van der Waals surface area (Å²) in [6.07, 6.45) is 4.91. The summed E-state index contributed by atoms with van der Waals surface area (Å²) in [6, 6.07) is 18.9. The van der Waals surface area contributed by atoms with Gasteiger partial charge in [0, 0.05) is 36.4 Å². The Bertz CT molecular complexity index is 1170. The normalized spacial score (nSPS) is 17.9. The Balaban J connectivity index is 1.45. The molecule has 1 aromatic heterocycles. The highest BCUT2D eigenvalue weighted by Gasteiger charge is 2.26. The number of ether oxygens (including phenoxy) is 2. The van der Waals surface area contributed by atoms with E-state index in [0.29, 0.717) is 24.9 Å². The van der Waals surface area contributed by atoms with Crippen molar-refractivity contribution in [3.8, 4) is 22.4 Å². The standard InChI is InChI=1S/C32H42N2O4/c1-23-10-16-27(17-11-23)31-30(26-8-6-5-7-9-26)28(18-19-35)34(33-31)20-24-12-14-25(15-13-24)21-37-22-29(36)38-32(2,3)4/h5-11,16-17,24-25,35H,12-15,18-22H2,1-4H3. The number of benzene rings is 2. The van der Waals surface area contributed by atoms with Gasteiger partial charge in [-0.15, -0.1) is 0 Å². The fourth-order valence-electron chi connectivity index (χ4n) is 5.33. The lowest BCUT2D eigenvalue weighted by atomic mass is 9.82. The maximum Gasteiger partial charge on any atom is 0.332 e. The van der Waals surface area contributed by atoms with Gasteiger partial charge in [0.25, 0.3) is 0 Å². The average Bonchev–Trinajstić information content (AvgIpc) is 3.23. The van der Waals surface area contributed by atoms with Crippen LogP contribution in [0.5, 0.6) is 0 Å². The second kappa shape index (κ2) is 12.7. The first-order chi connectivity index (χ1) is 18.2. The minimum atomic E-state index is -0.487. The second-order valence-corrected chi connectivity index (χ2v) is 11.5. The van der Waals surface area contributed by atoms with Crippen LogP contribution in [0, 0.1) is 18.8 Å². The molecule has 0 unspecified atom stereocenters. The molecule has 204 valence electrons. The van der Waals surface area contributed by atoms with Gasteiger partial charge in [-0.2, -0.15) is 5.10 Å². The van der Waals surface area contributed by atoms with Crippen molar-refractivity contribution in [3.63, 3.8) is 0 Å². The minimum Gasteiger partial charge on any atom is -0.458 e. The van der Waals surface area contributed by atoms with Crippen LogP contribution in [-0.2, 0) is 27.2 Å². The molecule has 1 aliphatic carbocycles. The number of aryl methyl sites for hydroxylation is 1. The van der Waals surface area contributed by atoms with E-state index >= 15 is 0 Å². The van der Waals surface area contributed by atoms with Gasteiger partial charge >= 0.3 is 5.97 Å². The predicted octanol–water partition coefficient (Wildman–Crippen LogP) is 6.23. The van der Waals surface area contributed by atoms with Crippen molar-refractivity contribution in [1.82, 2.24) is 9.78 Å². The zero-order chi connectivity index (χ0) is 27.1. The van der Waals surface area contributed by atoms with Crippen LogP contribution in [0.3, 0.4) is 0 Å². The molecule has 4 rings (SSSR count). The summed E-state index contributed by atoms with van der Waals surface area (Å²) in [5.41, 5.74) is 6.15. The molecule has 6 nitrogen and oxygen atoms in total. The van der Waals surface area contributed by atoms with Gasteiger partial charge in [-0.05, 0) is 70.8 Å². The molecule has 1 N–H and O–H groups in total. The lowest BCUT2D eigenvalue weighted by Crippen LogP contribution is -2.28. The monoisotopic (exact) mass is 518 g/mol. The second-order valence-electron chi connectivity index (χ2n) is 11.5. The van der Waals surface area contributed by atoms with Crippen LogP contribution in [-0.4, -0.2) is 46.3 Å². The maximum absolute atomic E-state index is 11.9. The van der Waals surface area contributed by atoms with Gasteiger partial charge in [0.15, 0.2) is 0 Å². The minimum absolute atomic E-state index is 0.0130. The van der Waals surface area contributed by atoms with E-state index in [0.717, 1.165) is 60.3 Å². The first-order valence-corrected chi connectivity index (χ1v) is 13.9. The zero-order valence-electron chi connectivity index (χ0n) is 23.3. The molecule has 0 spiro atoms. The average molecular weight is 519 g/mol.